The zero-order valence-electron chi connectivity index (χ0n) is 13.2. The number of carbonyl (C=O) groups excluding carboxylic acids is 3. The first kappa shape index (κ1) is 18.0. The quantitative estimate of drug-likeness (QED) is 0.780. The van der Waals surface area contributed by atoms with Crippen molar-refractivity contribution in [1.82, 2.24) is 9.59 Å². The molecule has 2 aromatic heterocycles. The van der Waals surface area contributed by atoms with Gasteiger partial charge in [-0.25, -0.2) is 9.59 Å². The highest BCUT2D eigenvalue weighted by Crippen LogP contribution is 2.34. The molecular weight excluding hydrogens is 354 g/mol. The number of esters is 2. The molecule has 0 atom stereocenters. The SMILES string of the molecule is CCOC(=O)c1sc(NC(=O)c2csnn2)c(C(=O)OCC)c1C. The molecule has 0 aliphatic rings. The highest BCUT2D eigenvalue weighted by atomic mass is 32.1. The van der Waals surface area contributed by atoms with Crippen molar-refractivity contribution in [2.75, 3.05) is 18.5 Å². The molecule has 0 spiro atoms. The number of hydrogen-bond donors (Lipinski definition) is 1. The number of anilines is 1. The van der Waals surface area contributed by atoms with Gasteiger partial charge in [-0.3, -0.25) is 4.79 Å². The topological polar surface area (TPSA) is 107 Å². The molecule has 8 nitrogen and oxygen atoms in total. The van der Waals surface area contributed by atoms with Gasteiger partial charge in [0.2, 0.25) is 0 Å². The number of aromatic nitrogens is 2. The van der Waals surface area contributed by atoms with Crippen molar-refractivity contribution in [3.63, 3.8) is 0 Å². The fourth-order valence-electron chi connectivity index (χ4n) is 1.87. The van der Waals surface area contributed by atoms with Gasteiger partial charge in [-0.2, -0.15) is 0 Å². The molecule has 0 aliphatic heterocycles. The summed E-state index contributed by atoms with van der Waals surface area (Å²) in [5.74, 6) is -1.69. The van der Waals surface area contributed by atoms with E-state index in [1.807, 2.05) is 0 Å². The van der Waals surface area contributed by atoms with Crippen molar-refractivity contribution >= 4 is 45.7 Å². The minimum Gasteiger partial charge on any atom is -0.462 e. The first-order chi connectivity index (χ1) is 11.5. The molecule has 1 N–H and O–H groups in total. The molecule has 2 heterocycles. The third-order valence-corrected chi connectivity index (χ3v) is 4.60. The van der Waals surface area contributed by atoms with Crippen LogP contribution in [0.2, 0.25) is 0 Å². The summed E-state index contributed by atoms with van der Waals surface area (Å²) in [7, 11) is 0. The number of carbonyl (C=O) groups is 3. The van der Waals surface area contributed by atoms with E-state index in [9.17, 15) is 14.4 Å². The predicted octanol–water partition coefficient (Wildman–Crippen LogP) is 2.51. The van der Waals surface area contributed by atoms with Gasteiger partial charge < -0.3 is 14.8 Å². The van der Waals surface area contributed by atoms with Crippen LogP contribution >= 0.6 is 22.9 Å². The van der Waals surface area contributed by atoms with Gasteiger partial charge in [-0.05, 0) is 37.9 Å². The normalized spacial score (nSPS) is 10.3. The summed E-state index contributed by atoms with van der Waals surface area (Å²) < 4.78 is 13.6. The molecule has 0 saturated heterocycles. The average molecular weight is 369 g/mol. The Morgan fingerprint density at radius 1 is 1.17 bits per heavy atom. The number of amides is 1. The molecule has 128 valence electrons. The monoisotopic (exact) mass is 369 g/mol. The van der Waals surface area contributed by atoms with E-state index in [0.29, 0.717) is 5.56 Å². The van der Waals surface area contributed by atoms with E-state index in [2.05, 4.69) is 14.9 Å². The first-order valence-electron chi connectivity index (χ1n) is 7.05. The van der Waals surface area contributed by atoms with Crippen molar-refractivity contribution in [2.24, 2.45) is 0 Å². The lowest BCUT2D eigenvalue weighted by molar-refractivity contribution is 0.0527. The standard InChI is InChI=1S/C14H15N3O5S2/c1-4-21-13(19)9-7(3)10(14(20)22-5-2)24-12(9)15-11(18)8-6-23-17-16-8/h6H,4-5H2,1-3H3,(H,15,18). The molecule has 0 saturated carbocycles. The van der Waals surface area contributed by atoms with Crippen molar-refractivity contribution in [2.45, 2.75) is 20.8 Å². The molecule has 2 rings (SSSR count). The number of rotatable bonds is 6. The summed E-state index contributed by atoms with van der Waals surface area (Å²) >= 11 is 1.99. The van der Waals surface area contributed by atoms with Crippen LogP contribution in [0.1, 0.15) is 49.9 Å². The Labute approximate surface area is 145 Å². The summed E-state index contributed by atoms with van der Waals surface area (Å²) in [5.41, 5.74) is 0.670. The maximum absolute atomic E-state index is 12.2. The summed E-state index contributed by atoms with van der Waals surface area (Å²) in [6, 6.07) is 0. The molecule has 0 radical (unpaired) electrons. The molecular formula is C14H15N3O5S2. The maximum atomic E-state index is 12.2. The highest BCUT2D eigenvalue weighted by Gasteiger charge is 2.27. The molecule has 1 amide bonds. The van der Waals surface area contributed by atoms with Gasteiger partial charge in [0, 0.05) is 5.38 Å². The number of nitrogens with zero attached hydrogens (tertiary/aromatic N) is 2. The minimum atomic E-state index is -0.617. The van der Waals surface area contributed by atoms with Crippen LogP contribution in [-0.2, 0) is 9.47 Å². The fraction of sp³-hybridized carbons (Fsp3) is 0.357. The number of hydrogen-bond acceptors (Lipinski definition) is 9. The van der Waals surface area contributed by atoms with Gasteiger partial charge in [-0.15, -0.1) is 16.4 Å². The fourth-order valence-corrected chi connectivity index (χ4v) is 3.39. The van der Waals surface area contributed by atoms with Crippen LogP contribution in [-0.4, -0.2) is 40.6 Å². The Morgan fingerprint density at radius 3 is 2.42 bits per heavy atom. The molecule has 24 heavy (non-hydrogen) atoms. The van der Waals surface area contributed by atoms with Gasteiger partial charge in [0.15, 0.2) is 5.69 Å². The van der Waals surface area contributed by atoms with Gasteiger partial charge >= 0.3 is 11.9 Å². The van der Waals surface area contributed by atoms with E-state index in [4.69, 9.17) is 9.47 Å². The summed E-state index contributed by atoms with van der Waals surface area (Å²) in [5, 5.41) is 7.95. The number of ether oxygens (including phenoxy) is 2. The second kappa shape index (κ2) is 7.97. The smallest absolute Gasteiger partial charge is 0.348 e. The Bertz CT molecular complexity index is 755. The van der Waals surface area contributed by atoms with Crippen molar-refractivity contribution in [1.29, 1.82) is 0 Å². The van der Waals surface area contributed by atoms with Gasteiger partial charge in [0.05, 0.1) is 18.8 Å². The lowest BCUT2D eigenvalue weighted by atomic mass is 10.1. The van der Waals surface area contributed by atoms with Crippen LogP contribution in [0.5, 0.6) is 0 Å². The first-order valence-corrected chi connectivity index (χ1v) is 8.70. The van der Waals surface area contributed by atoms with E-state index < -0.39 is 17.8 Å². The molecule has 0 aromatic carbocycles. The molecule has 0 bridgehead atoms. The minimum absolute atomic E-state index is 0.124. The summed E-state index contributed by atoms with van der Waals surface area (Å²) in [4.78, 5) is 36.6. The van der Waals surface area contributed by atoms with Crippen molar-refractivity contribution in [3.05, 3.63) is 27.1 Å². The molecule has 0 fully saturated rings. The van der Waals surface area contributed by atoms with Crippen LogP contribution in [0.4, 0.5) is 5.00 Å². The summed E-state index contributed by atoms with van der Waals surface area (Å²) in [6.07, 6.45) is 0. The predicted molar refractivity (Wildman–Crippen MR) is 88.8 cm³/mol. The zero-order chi connectivity index (χ0) is 17.7. The van der Waals surface area contributed by atoms with Crippen molar-refractivity contribution < 1.29 is 23.9 Å². The van der Waals surface area contributed by atoms with E-state index in [1.165, 1.54) is 5.38 Å². The van der Waals surface area contributed by atoms with Crippen molar-refractivity contribution in [3.8, 4) is 0 Å². The van der Waals surface area contributed by atoms with Gasteiger partial charge in [-0.1, -0.05) is 4.49 Å². The van der Waals surface area contributed by atoms with E-state index in [0.717, 1.165) is 22.9 Å². The maximum Gasteiger partial charge on any atom is 0.348 e. The Hall–Kier alpha value is -2.33. The number of thiophene rings is 1. The Morgan fingerprint density at radius 2 is 1.83 bits per heavy atom. The van der Waals surface area contributed by atoms with E-state index in [-0.39, 0.29) is 34.3 Å². The summed E-state index contributed by atoms with van der Waals surface area (Å²) in [6.45, 7) is 5.34. The van der Waals surface area contributed by atoms with Crippen LogP contribution in [0, 0.1) is 6.92 Å². The zero-order valence-corrected chi connectivity index (χ0v) is 14.9. The van der Waals surface area contributed by atoms with E-state index in [1.54, 1.807) is 20.8 Å². The Balaban J connectivity index is 2.40. The average Bonchev–Trinajstić information content (AvgIpc) is 3.16. The van der Waals surface area contributed by atoms with Gasteiger partial charge in [0.25, 0.3) is 5.91 Å². The number of nitrogens with one attached hydrogen (secondary N) is 1. The molecule has 0 unspecified atom stereocenters. The van der Waals surface area contributed by atoms with Crippen LogP contribution in [0.3, 0.4) is 0 Å². The van der Waals surface area contributed by atoms with Crippen LogP contribution < -0.4 is 5.32 Å². The lowest BCUT2D eigenvalue weighted by Gasteiger charge is -2.05. The third-order valence-electron chi connectivity index (χ3n) is 2.91. The molecule has 0 aliphatic carbocycles. The Kier molecular flexibility index (Phi) is 5.99. The highest BCUT2D eigenvalue weighted by molar-refractivity contribution is 7.18. The third kappa shape index (κ3) is 3.77. The second-order valence-electron chi connectivity index (χ2n) is 4.45. The lowest BCUT2D eigenvalue weighted by Crippen LogP contribution is -2.15. The van der Waals surface area contributed by atoms with Gasteiger partial charge in [0.1, 0.15) is 9.88 Å². The molecule has 2 aromatic rings. The van der Waals surface area contributed by atoms with Crippen LogP contribution in [0.25, 0.3) is 0 Å². The molecule has 10 heteroatoms. The second-order valence-corrected chi connectivity index (χ2v) is 6.08. The van der Waals surface area contributed by atoms with Crippen LogP contribution in [0.15, 0.2) is 5.38 Å². The largest absolute Gasteiger partial charge is 0.462 e. The van der Waals surface area contributed by atoms with E-state index >= 15 is 0 Å².